The van der Waals surface area contributed by atoms with Crippen LogP contribution in [-0.2, 0) is 5.54 Å². The number of piperidine rings is 1. The fraction of sp³-hybridized carbons (Fsp3) is 0.632. The number of rotatable bonds is 3. The minimum atomic E-state index is -0.0916. The van der Waals surface area contributed by atoms with Gasteiger partial charge in [-0.25, -0.2) is 0 Å². The molecule has 4 heteroatoms. The van der Waals surface area contributed by atoms with Crippen molar-refractivity contribution in [2.24, 2.45) is 5.92 Å². The highest BCUT2D eigenvalue weighted by atomic mass is 32.2. The van der Waals surface area contributed by atoms with Gasteiger partial charge in [0.1, 0.15) is 0 Å². The summed E-state index contributed by atoms with van der Waals surface area (Å²) >= 11 is 2.11. The number of nitrogens with one attached hydrogen (secondary N) is 1. The van der Waals surface area contributed by atoms with Crippen LogP contribution in [0.4, 0.5) is 0 Å². The van der Waals surface area contributed by atoms with Gasteiger partial charge in [-0.05, 0) is 67.7 Å². The van der Waals surface area contributed by atoms with E-state index in [1.165, 1.54) is 42.9 Å². The smallest absolute Gasteiger partial charge is 0.252 e. The molecular weight excluding hydrogens is 304 g/mol. The molecule has 3 aliphatic heterocycles. The van der Waals surface area contributed by atoms with Crippen molar-refractivity contribution in [3.8, 4) is 0 Å². The van der Waals surface area contributed by atoms with E-state index in [2.05, 4.69) is 34.1 Å². The van der Waals surface area contributed by atoms with Crippen LogP contribution >= 0.6 is 11.8 Å². The van der Waals surface area contributed by atoms with Crippen LogP contribution in [0.25, 0.3) is 0 Å². The summed E-state index contributed by atoms with van der Waals surface area (Å²) in [5.74, 6) is 3.78. The normalized spacial score (nSPS) is 24.6. The highest BCUT2D eigenvalue weighted by Crippen LogP contribution is 2.39. The second kappa shape index (κ2) is 6.48. The third-order valence-electron chi connectivity index (χ3n) is 5.94. The molecule has 2 fully saturated rings. The Morgan fingerprint density at radius 2 is 1.91 bits per heavy atom. The largest absolute Gasteiger partial charge is 0.342 e. The van der Waals surface area contributed by atoms with E-state index in [0.717, 1.165) is 37.4 Å². The number of hydrogen-bond donors (Lipinski definition) is 1. The molecule has 3 aliphatic rings. The molecule has 3 heterocycles. The highest BCUT2D eigenvalue weighted by Gasteiger charge is 2.44. The summed E-state index contributed by atoms with van der Waals surface area (Å²) in [5.41, 5.74) is 2.03. The maximum atomic E-state index is 12.2. The number of hydrogen-bond acceptors (Lipinski definition) is 3. The zero-order valence-electron chi connectivity index (χ0n) is 13.7. The van der Waals surface area contributed by atoms with E-state index in [1.807, 2.05) is 12.1 Å². The maximum absolute atomic E-state index is 12.2. The third kappa shape index (κ3) is 3.03. The van der Waals surface area contributed by atoms with Crippen LogP contribution in [0, 0.1) is 5.92 Å². The fourth-order valence-corrected chi connectivity index (χ4v) is 5.61. The first-order chi connectivity index (χ1) is 11.3. The molecule has 0 bridgehead atoms. The highest BCUT2D eigenvalue weighted by molar-refractivity contribution is 7.99. The van der Waals surface area contributed by atoms with Crippen molar-refractivity contribution in [3.63, 3.8) is 0 Å². The van der Waals surface area contributed by atoms with E-state index < -0.39 is 0 Å². The molecule has 0 aromatic heterocycles. The van der Waals surface area contributed by atoms with Crippen LogP contribution in [0.15, 0.2) is 24.3 Å². The van der Waals surface area contributed by atoms with Crippen molar-refractivity contribution in [1.82, 2.24) is 10.2 Å². The summed E-state index contributed by atoms with van der Waals surface area (Å²) in [7, 11) is 0. The Morgan fingerprint density at radius 1 is 1.17 bits per heavy atom. The van der Waals surface area contributed by atoms with Crippen LogP contribution in [0.1, 0.15) is 48.0 Å². The SMILES string of the molecule is O=C1NC2(CCN(CCC3CCSCC3)CC2)c2ccccc21. The van der Waals surface area contributed by atoms with Gasteiger partial charge in [0.25, 0.3) is 5.91 Å². The van der Waals surface area contributed by atoms with Crippen LogP contribution in [0.2, 0.25) is 0 Å². The van der Waals surface area contributed by atoms with Gasteiger partial charge >= 0.3 is 0 Å². The summed E-state index contributed by atoms with van der Waals surface area (Å²) < 4.78 is 0. The lowest BCUT2D eigenvalue weighted by Gasteiger charge is -2.40. The first-order valence-corrected chi connectivity index (χ1v) is 10.1. The summed E-state index contributed by atoms with van der Waals surface area (Å²) in [6.45, 7) is 3.45. The number of thioether (sulfide) groups is 1. The maximum Gasteiger partial charge on any atom is 0.252 e. The second-order valence-corrected chi connectivity index (χ2v) is 8.49. The Hall–Kier alpha value is -1.00. The topological polar surface area (TPSA) is 32.3 Å². The van der Waals surface area contributed by atoms with Gasteiger partial charge in [0.15, 0.2) is 0 Å². The van der Waals surface area contributed by atoms with E-state index in [1.54, 1.807) is 0 Å². The van der Waals surface area contributed by atoms with Gasteiger partial charge in [0.2, 0.25) is 0 Å². The van der Waals surface area contributed by atoms with Crippen LogP contribution in [-0.4, -0.2) is 41.9 Å². The van der Waals surface area contributed by atoms with Gasteiger partial charge in [0, 0.05) is 18.7 Å². The summed E-state index contributed by atoms with van der Waals surface area (Å²) in [5, 5.41) is 3.29. The Labute approximate surface area is 143 Å². The van der Waals surface area contributed by atoms with Crippen molar-refractivity contribution in [2.75, 3.05) is 31.1 Å². The van der Waals surface area contributed by atoms with E-state index >= 15 is 0 Å². The number of nitrogens with zero attached hydrogens (tertiary/aromatic N) is 1. The van der Waals surface area contributed by atoms with Gasteiger partial charge in [-0.15, -0.1) is 0 Å². The number of benzene rings is 1. The molecule has 0 atom stereocenters. The van der Waals surface area contributed by atoms with Gasteiger partial charge in [-0.2, -0.15) is 11.8 Å². The molecule has 23 heavy (non-hydrogen) atoms. The fourth-order valence-electron chi connectivity index (χ4n) is 4.40. The molecule has 0 saturated carbocycles. The van der Waals surface area contributed by atoms with Gasteiger partial charge < -0.3 is 10.2 Å². The molecule has 4 rings (SSSR count). The lowest BCUT2D eigenvalue weighted by molar-refractivity contribution is 0.0857. The minimum absolute atomic E-state index is 0.0916. The number of carbonyl (C=O) groups excluding carboxylic acids is 1. The van der Waals surface area contributed by atoms with Gasteiger partial charge in [0.05, 0.1) is 5.54 Å². The molecule has 0 radical (unpaired) electrons. The molecule has 0 aliphatic carbocycles. The first-order valence-electron chi connectivity index (χ1n) is 8.99. The molecule has 124 valence electrons. The molecule has 3 nitrogen and oxygen atoms in total. The number of likely N-dealkylation sites (tertiary alicyclic amines) is 1. The number of carbonyl (C=O) groups is 1. The Bertz CT molecular complexity index is 574. The number of fused-ring (bicyclic) bond motifs is 2. The summed E-state index contributed by atoms with van der Waals surface area (Å²) in [6.07, 6.45) is 6.28. The lowest BCUT2D eigenvalue weighted by Crippen LogP contribution is -2.49. The molecule has 1 aromatic rings. The predicted molar refractivity (Wildman–Crippen MR) is 95.9 cm³/mol. The third-order valence-corrected chi connectivity index (χ3v) is 6.99. The average molecular weight is 330 g/mol. The number of amides is 1. The molecule has 1 spiro atoms. The zero-order chi connectivity index (χ0) is 15.7. The molecule has 0 unspecified atom stereocenters. The molecule has 1 N–H and O–H groups in total. The summed E-state index contributed by atoms with van der Waals surface area (Å²) in [6, 6.07) is 8.14. The van der Waals surface area contributed by atoms with Crippen LogP contribution in [0.3, 0.4) is 0 Å². The Kier molecular flexibility index (Phi) is 4.37. The van der Waals surface area contributed by atoms with Crippen molar-refractivity contribution < 1.29 is 4.79 Å². The minimum Gasteiger partial charge on any atom is -0.342 e. The molecule has 1 aromatic carbocycles. The van der Waals surface area contributed by atoms with Crippen LogP contribution < -0.4 is 5.32 Å². The molecule has 2 saturated heterocycles. The van der Waals surface area contributed by atoms with Crippen molar-refractivity contribution in [3.05, 3.63) is 35.4 Å². The Morgan fingerprint density at radius 3 is 2.70 bits per heavy atom. The van der Waals surface area contributed by atoms with Crippen LogP contribution in [0.5, 0.6) is 0 Å². The van der Waals surface area contributed by atoms with Gasteiger partial charge in [-0.1, -0.05) is 18.2 Å². The summed E-state index contributed by atoms with van der Waals surface area (Å²) in [4.78, 5) is 14.8. The van der Waals surface area contributed by atoms with E-state index in [0.29, 0.717) is 0 Å². The monoisotopic (exact) mass is 330 g/mol. The molecular formula is C19H26N2OS. The van der Waals surface area contributed by atoms with E-state index in [4.69, 9.17) is 0 Å². The molecule has 1 amide bonds. The quantitative estimate of drug-likeness (QED) is 0.923. The lowest BCUT2D eigenvalue weighted by atomic mass is 9.81. The van der Waals surface area contributed by atoms with Crippen molar-refractivity contribution >= 4 is 17.7 Å². The Balaban J connectivity index is 1.35. The predicted octanol–water partition coefficient (Wildman–Crippen LogP) is 3.25. The zero-order valence-corrected chi connectivity index (χ0v) is 14.5. The van der Waals surface area contributed by atoms with E-state index in [-0.39, 0.29) is 11.4 Å². The van der Waals surface area contributed by atoms with Gasteiger partial charge in [-0.3, -0.25) is 4.79 Å². The van der Waals surface area contributed by atoms with E-state index in [9.17, 15) is 4.79 Å². The first kappa shape index (κ1) is 15.5. The average Bonchev–Trinajstić information content (AvgIpc) is 2.88. The standard InChI is InChI=1S/C19H26N2OS/c22-18-16-3-1-2-4-17(16)19(20-18)8-11-21(12-9-19)10-5-15-6-13-23-14-7-15/h1-4,15H,5-14H2,(H,20,22). The van der Waals surface area contributed by atoms with Crippen molar-refractivity contribution in [2.45, 2.75) is 37.6 Å². The second-order valence-electron chi connectivity index (χ2n) is 7.27. The van der Waals surface area contributed by atoms with Crippen molar-refractivity contribution in [1.29, 1.82) is 0 Å².